The maximum atomic E-state index is 12.3. The van der Waals surface area contributed by atoms with Crippen LogP contribution in [0, 0.1) is 5.92 Å². The average Bonchev–Trinajstić information content (AvgIpc) is 2.35. The highest BCUT2D eigenvalue weighted by molar-refractivity contribution is 9.10. The minimum atomic E-state index is -0.444. The molecule has 2 N–H and O–H groups in total. The van der Waals surface area contributed by atoms with E-state index >= 15 is 0 Å². The minimum Gasteiger partial charge on any atom is -0.354 e. The molecule has 1 saturated carbocycles. The van der Waals surface area contributed by atoms with E-state index in [1.807, 2.05) is 6.07 Å². The lowest BCUT2D eigenvalue weighted by Crippen LogP contribution is -2.54. The Morgan fingerprint density at radius 3 is 2.89 bits per heavy atom. The van der Waals surface area contributed by atoms with Gasteiger partial charge in [0.1, 0.15) is 5.54 Å². The second kappa shape index (κ2) is 4.23. The average molecular weight is 310 g/mol. The van der Waals surface area contributed by atoms with Gasteiger partial charge in [-0.25, -0.2) is 4.98 Å². The van der Waals surface area contributed by atoms with Crippen LogP contribution in [0.2, 0.25) is 0 Å². The Labute approximate surface area is 115 Å². The quantitative estimate of drug-likeness (QED) is 0.774. The smallest absolute Gasteiger partial charge is 0.250 e. The van der Waals surface area contributed by atoms with Gasteiger partial charge in [0.2, 0.25) is 5.91 Å². The van der Waals surface area contributed by atoms with Crippen molar-refractivity contribution in [3.05, 3.63) is 16.7 Å². The van der Waals surface area contributed by atoms with Crippen molar-refractivity contribution in [2.24, 2.45) is 5.92 Å². The molecule has 0 atom stereocenters. The van der Waals surface area contributed by atoms with Gasteiger partial charge in [0.15, 0.2) is 5.82 Å². The summed E-state index contributed by atoms with van der Waals surface area (Å²) >= 11 is 3.36. The van der Waals surface area contributed by atoms with Crippen molar-refractivity contribution < 1.29 is 4.79 Å². The summed E-state index contributed by atoms with van der Waals surface area (Å²) in [5.41, 5.74) is 0.319. The van der Waals surface area contributed by atoms with Crippen molar-refractivity contribution in [3.63, 3.8) is 0 Å². The second-order valence-electron chi connectivity index (χ2n) is 5.39. The van der Waals surface area contributed by atoms with E-state index in [1.54, 1.807) is 6.20 Å². The zero-order valence-electron chi connectivity index (χ0n) is 10.3. The van der Waals surface area contributed by atoms with Gasteiger partial charge in [0, 0.05) is 10.7 Å². The van der Waals surface area contributed by atoms with E-state index in [0.29, 0.717) is 5.92 Å². The van der Waals surface area contributed by atoms with Crippen LogP contribution in [0.15, 0.2) is 16.7 Å². The van der Waals surface area contributed by atoms with Crippen molar-refractivity contribution >= 4 is 33.3 Å². The van der Waals surface area contributed by atoms with E-state index in [0.717, 1.165) is 41.7 Å². The first-order valence-electron chi connectivity index (χ1n) is 6.34. The lowest BCUT2D eigenvalue weighted by molar-refractivity contribution is -0.121. The number of rotatable bonds is 0. The number of carbonyl (C=O) groups excluding carboxylic acids is 1. The van der Waals surface area contributed by atoms with E-state index in [1.165, 1.54) is 0 Å². The lowest BCUT2D eigenvalue weighted by Gasteiger charge is -2.42. The SMILES string of the molecule is CC1CCC2(CC1)Nc1ncc(Br)cc1NC2=O. The molecular weight excluding hydrogens is 294 g/mol. The van der Waals surface area contributed by atoms with E-state index in [2.05, 4.69) is 38.5 Å². The van der Waals surface area contributed by atoms with Crippen molar-refractivity contribution in [2.45, 2.75) is 38.1 Å². The van der Waals surface area contributed by atoms with Gasteiger partial charge >= 0.3 is 0 Å². The molecule has 4 nitrogen and oxygen atoms in total. The highest BCUT2D eigenvalue weighted by Gasteiger charge is 2.44. The summed E-state index contributed by atoms with van der Waals surface area (Å²) in [6.07, 6.45) is 5.70. The van der Waals surface area contributed by atoms with Crippen molar-refractivity contribution in [1.82, 2.24) is 4.98 Å². The van der Waals surface area contributed by atoms with Gasteiger partial charge < -0.3 is 10.6 Å². The molecule has 18 heavy (non-hydrogen) atoms. The monoisotopic (exact) mass is 309 g/mol. The fourth-order valence-corrected chi connectivity index (χ4v) is 3.10. The van der Waals surface area contributed by atoms with Crippen LogP contribution in [0.3, 0.4) is 0 Å². The Kier molecular flexibility index (Phi) is 2.81. The van der Waals surface area contributed by atoms with E-state index < -0.39 is 5.54 Å². The number of anilines is 2. The second-order valence-corrected chi connectivity index (χ2v) is 6.31. The highest BCUT2D eigenvalue weighted by atomic mass is 79.9. The summed E-state index contributed by atoms with van der Waals surface area (Å²) in [6.45, 7) is 2.25. The van der Waals surface area contributed by atoms with Crippen LogP contribution in [0.5, 0.6) is 0 Å². The summed E-state index contributed by atoms with van der Waals surface area (Å²) in [7, 11) is 0. The van der Waals surface area contributed by atoms with Gasteiger partial charge in [-0.2, -0.15) is 0 Å². The number of aromatic nitrogens is 1. The van der Waals surface area contributed by atoms with Crippen molar-refractivity contribution in [1.29, 1.82) is 0 Å². The molecule has 1 aliphatic heterocycles. The first-order valence-corrected chi connectivity index (χ1v) is 7.13. The molecule has 1 aliphatic carbocycles. The zero-order valence-corrected chi connectivity index (χ0v) is 11.9. The van der Waals surface area contributed by atoms with Gasteiger partial charge in [-0.15, -0.1) is 0 Å². The van der Waals surface area contributed by atoms with Crippen LogP contribution < -0.4 is 10.6 Å². The number of hydrogen-bond acceptors (Lipinski definition) is 3. The topological polar surface area (TPSA) is 54.0 Å². The number of hydrogen-bond donors (Lipinski definition) is 2. The number of halogens is 1. The van der Waals surface area contributed by atoms with E-state index in [9.17, 15) is 4.79 Å². The third-order valence-corrected chi connectivity index (χ3v) is 4.46. The molecule has 0 saturated heterocycles. The summed E-state index contributed by atoms with van der Waals surface area (Å²) in [4.78, 5) is 16.7. The Morgan fingerprint density at radius 1 is 1.44 bits per heavy atom. The van der Waals surface area contributed by atoms with Crippen LogP contribution in [0.25, 0.3) is 0 Å². The van der Waals surface area contributed by atoms with Crippen LogP contribution in [0.4, 0.5) is 11.5 Å². The molecule has 0 aromatic carbocycles. The molecule has 5 heteroatoms. The zero-order chi connectivity index (χ0) is 12.8. The fraction of sp³-hybridized carbons (Fsp3) is 0.538. The third kappa shape index (κ3) is 1.90. The minimum absolute atomic E-state index is 0.0850. The number of carbonyl (C=O) groups is 1. The molecule has 2 aliphatic rings. The molecule has 3 rings (SSSR count). The number of nitrogens with one attached hydrogen (secondary N) is 2. The molecule has 1 fully saturated rings. The fourth-order valence-electron chi connectivity index (χ4n) is 2.77. The summed E-state index contributed by atoms with van der Waals surface area (Å²) in [5.74, 6) is 1.58. The van der Waals surface area contributed by atoms with Crippen LogP contribution >= 0.6 is 15.9 Å². The highest BCUT2D eigenvalue weighted by Crippen LogP contribution is 2.40. The van der Waals surface area contributed by atoms with Gasteiger partial charge in [-0.1, -0.05) is 6.92 Å². The molecule has 1 amide bonds. The van der Waals surface area contributed by atoms with Crippen molar-refractivity contribution in [3.8, 4) is 0 Å². The first kappa shape index (κ1) is 12.0. The van der Waals surface area contributed by atoms with E-state index in [4.69, 9.17) is 0 Å². The first-order chi connectivity index (χ1) is 8.59. The Balaban J connectivity index is 1.92. The maximum Gasteiger partial charge on any atom is 0.250 e. The molecule has 0 bridgehead atoms. The number of nitrogens with zero attached hydrogens (tertiary/aromatic N) is 1. The molecular formula is C13H16BrN3O. The Bertz CT molecular complexity index is 495. The molecule has 0 unspecified atom stereocenters. The summed E-state index contributed by atoms with van der Waals surface area (Å²) in [5, 5.41) is 6.35. The summed E-state index contributed by atoms with van der Waals surface area (Å²) in [6, 6.07) is 1.88. The number of fused-ring (bicyclic) bond motifs is 1. The van der Waals surface area contributed by atoms with Gasteiger partial charge in [-0.05, 0) is 53.6 Å². The Hall–Kier alpha value is -1.10. The van der Waals surface area contributed by atoms with E-state index in [-0.39, 0.29) is 5.91 Å². The molecule has 1 aromatic heterocycles. The maximum absolute atomic E-state index is 12.3. The van der Waals surface area contributed by atoms with Gasteiger partial charge in [-0.3, -0.25) is 4.79 Å². The largest absolute Gasteiger partial charge is 0.354 e. The van der Waals surface area contributed by atoms with Crippen LogP contribution in [-0.2, 0) is 4.79 Å². The molecule has 1 aromatic rings. The normalized spacial score (nSPS) is 30.6. The molecule has 0 radical (unpaired) electrons. The molecule has 2 heterocycles. The summed E-state index contributed by atoms with van der Waals surface area (Å²) < 4.78 is 0.872. The molecule has 1 spiro atoms. The predicted molar refractivity (Wildman–Crippen MR) is 74.6 cm³/mol. The molecule has 96 valence electrons. The third-order valence-electron chi connectivity index (χ3n) is 4.02. The lowest BCUT2D eigenvalue weighted by atomic mass is 9.76. The number of pyridine rings is 1. The Morgan fingerprint density at radius 2 is 2.17 bits per heavy atom. The van der Waals surface area contributed by atoms with Gasteiger partial charge in [0.25, 0.3) is 0 Å². The standard InChI is InChI=1S/C13H16BrN3O/c1-8-2-4-13(5-3-8)12(18)16-10-6-9(14)7-15-11(10)17-13/h6-8H,2-5H2,1H3,(H,15,17)(H,16,18). The van der Waals surface area contributed by atoms with Crippen molar-refractivity contribution in [2.75, 3.05) is 10.6 Å². The van der Waals surface area contributed by atoms with Crippen LogP contribution in [-0.4, -0.2) is 16.4 Å². The van der Waals surface area contributed by atoms with Crippen LogP contribution in [0.1, 0.15) is 32.6 Å². The van der Waals surface area contributed by atoms with Gasteiger partial charge in [0.05, 0.1) is 5.69 Å². The number of amides is 1. The predicted octanol–water partition coefficient (Wildman–Crippen LogP) is 3.16.